The van der Waals surface area contributed by atoms with E-state index in [2.05, 4.69) is 12.8 Å². The third kappa shape index (κ3) is 8.58. The van der Waals surface area contributed by atoms with Crippen LogP contribution in [0.4, 0.5) is 0 Å². The lowest BCUT2D eigenvalue weighted by atomic mass is 10.0. The molecule has 0 spiro atoms. The zero-order valence-electron chi connectivity index (χ0n) is 13.0. The molecule has 0 aliphatic carbocycles. The number of rotatable bonds is 9. The number of hydrogen-bond donors (Lipinski definition) is 0. The second-order valence-electron chi connectivity index (χ2n) is 5.21. The SMILES string of the molecule is C#CC(C)OC(=O)CCCC(=O)OC(CCC)C(C)C. The van der Waals surface area contributed by atoms with Crippen LogP contribution < -0.4 is 0 Å². The molecule has 0 saturated carbocycles. The van der Waals surface area contributed by atoms with Crippen molar-refractivity contribution in [3.05, 3.63) is 0 Å². The van der Waals surface area contributed by atoms with Crippen LogP contribution in [0.1, 0.15) is 59.8 Å². The summed E-state index contributed by atoms with van der Waals surface area (Å²) in [5, 5.41) is 0. The molecule has 0 fully saturated rings. The molecule has 0 aromatic rings. The molecule has 0 aromatic carbocycles. The lowest BCUT2D eigenvalue weighted by Crippen LogP contribution is -2.23. The fraction of sp³-hybridized carbons (Fsp3) is 0.750. The highest BCUT2D eigenvalue weighted by atomic mass is 16.5. The summed E-state index contributed by atoms with van der Waals surface area (Å²) in [7, 11) is 0. The molecule has 114 valence electrons. The monoisotopic (exact) mass is 282 g/mol. The highest BCUT2D eigenvalue weighted by Gasteiger charge is 2.17. The molecule has 0 rings (SSSR count). The van der Waals surface area contributed by atoms with Gasteiger partial charge in [0.2, 0.25) is 0 Å². The molecule has 0 bridgehead atoms. The predicted octanol–water partition coefficient (Wildman–Crippen LogP) is 3.09. The molecule has 0 radical (unpaired) electrons. The smallest absolute Gasteiger partial charge is 0.307 e. The minimum Gasteiger partial charge on any atom is -0.462 e. The maximum atomic E-state index is 11.7. The zero-order valence-corrected chi connectivity index (χ0v) is 13.0. The Bertz CT molecular complexity index is 341. The summed E-state index contributed by atoms with van der Waals surface area (Å²) >= 11 is 0. The summed E-state index contributed by atoms with van der Waals surface area (Å²) in [4.78, 5) is 23.0. The van der Waals surface area contributed by atoms with Crippen LogP contribution in [0.25, 0.3) is 0 Å². The zero-order chi connectivity index (χ0) is 15.5. The molecular weight excluding hydrogens is 256 g/mol. The number of carbonyl (C=O) groups is 2. The Kier molecular flexibility index (Phi) is 9.53. The van der Waals surface area contributed by atoms with Crippen LogP contribution in [0.15, 0.2) is 0 Å². The minimum atomic E-state index is -0.524. The summed E-state index contributed by atoms with van der Waals surface area (Å²) in [5.74, 6) is 1.99. The third-order valence-electron chi connectivity index (χ3n) is 2.90. The van der Waals surface area contributed by atoms with Gasteiger partial charge < -0.3 is 9.47 Å². The topological polar surface area (TPSA) is 52.6 Å². The van der Waals surface area contributed by atoms with Gasteiger partial charge in [-0.25, -0.2) is 0 Å². The molecule has 2 atom stereocenters. The van der Waals surface area contributed by atoms with Crippen molar-refractivity contribution in [2.24, 2.45) is 5.92 Å². The van der Waals surface area contributed by atoms with Gasteiger partial charge in [0.1, 0.15) is 6.10 Å². The van der Waals surface area contributed by atoms with Crippen molar-refractivity contribution >= 4 is 11.9 Å². The second-order valence-corrected chi connectivity index (χ2v) is 5.21. The maximum Gasteiger partial charge on any atom is 0.307 e. The van der Waals surface area contributed by atoms with Gasteiger partial charge in [0.15, 0.2) is 6.10 Å². The van der Waals surface area contributed by atoms with Gasteiger partial charge in [0, 0.05) is 12.8 Å². The summed E-state index contributed by atoms with van der Waals surface area (Å²) in [6.07, 6.45) is 7.22. The van der Waals surface area contributed by atoms with Gasteiger partial charge in [-0.2, -0.15) is 0 Å². The fourth-order valence-corrected chi connectivity index (χ4v) is 1.71. The van der Waals surface area contributed by atoms with Crippen LogP contribution in [0.5, 0.6) is 0 Å². The molecule has 0 heterocycles. The summed E-state index contributed by atoms with van der Waals surface area (Å²) < 4.78 is 10.3. The Balaban J connectivity index is 3.93. The van der Waals surface area contributed by atoms with E-state index in [0.717, 1.165) is 12.8 Å². The van der Waals surface area contributed by atoms with Crippen LogP contribution in [-0.2, 0) is 19.1 Å². The first-order valence-corrected chi connectivity index (χ1v) is 7.25. The van der Waals surface area contributed by atoms with Crippen molar-refractivity contribution in [2.75, 3.05) is 0 Å². The number of carbonyl (C=O) groups excluding carboxylic acids is 2. The lowest BCUT2D eigenvalue weighted by molar-refractivity contribution is -0.152. The second kappa shape index (κ2) is 10.3. The lowest BCUT2D eigenvalue weighted by Gasteiger charge is -2.20. The molecule has 2 unspecified atom stereocenters. The van der Waals surface area contributed by atoms with Crippen molar-refractivity contribution in [3.8, 4) is 12.3 Å². The van der Waals surface area contributed by atoms with E-state index in [1.165, 1.54) is 0 Å². The number of terminal acetylenes is 1. The standard InChI is InChI=1S/C16H26O4/c1-6-9-14(12(3)4)20-16(18)11-8-10-15(17)19-13(5)7-2/h2,12-14H,6,8-11H2,1,3-5H3. The molecule has 0 amide bonds. The van der Waals surface area contributed by atoms with Crippen molar-refractivity contribution in [3.63, 3.8) is 0 Å². The van der Waals surface area contributed by atoms with Crippen molar-refractivity contribution in [2.45, 2.75) is 72.0 Å². The van der Waals surface area contributed by atoms with Crippen molar-refractivity contribution < 1.29 is 19.1 Å². The molecule has 0 aliphatic rings. The van der Waals surface area contributed by atoms with Crippen molar-refractivity contribution in [1.29, 1.82) is 0 Å². The average molecular weight is 282 g/mol. The summed E-state index contributed by atoms with van der Waals surface area (Å²) in [6, 6.07) is 0. The Morgan fingerprint density at radius 1 is 1.10 bits per heavy atom. The van der Waals surface area contributed by atoms with E-state index >= 15 is 0 Å². The largest absolute Gasteiger partial charge is 0.462 e. The van der Waals surface area contributed by atoms with Gasteiger partial charge in [-0.15, -0.1) is 6.42 Å². The van der Waals surface area contributed by atoms with E-state index in [4.69, 9.17) is 15.9 Å². The van der Waals surface area contributed by atoms with E-state index in [1.54, 1.807) is 6.92 Å². The van der Waals surface area contributed by atoms with Crippen LogP contribution in [0.2, 0.25) is 0 Å². The number of ether oxygens (including phenoxy) is 2. The molecule has 0 saturated heterocycles. The van der Waals surface area contributed by atoms with E-state index in [9.17, 15) is 9.59 Å². The molecule has 0 aliphatic heterocycles. The van der Waals surface area contributed by atoms with Crippen molar-refractivity contribution in [1.82, 2.24) is 0 Å². The highest BCUT2D eigenvalue weighted by molar-refractivity contribution is 5.72. The number of esters is 2. The first-order chi connectivity index (χ1) is 9.40. The highest BCUT2D eigenvalue weighted by Crippen LogP contribution is 2.14. The Hall–Kier alpha value is -1.50. The van der Waals surface area contributed by atoms with E-state index in [-0.39, 0.29) is 30.9 Å². The number of hydrogen-bond acceptors (Lipinski definition) is 4. The van der Waals surface area contributed by atoms with Gasteiger partial charge >= 0.3 is 11.9 Å². The van der Waals surface area contributed by atoms with Gasteiger partial charge in [-0.05, 0) is 25.7 Å². The molecule has 0 N–H and O–H groups in total. The van der Waals surface area contributed by atoms with Gasteiger partial charge in [-0.1, -0.05) is 33.1 Å². The predicted molar refractivity (Wildman–Crippen MR) is 77.9 cm³/mol. The molecule has 4 nitrogen and oxygen atoms in total. The quantitative estimate of drug-likeness (QED) is 0.481. The minimum absolute atomic E-state index is 0.0408. The van der Waals surface area contributed by atoms with Crippen LogP contribution in [-0.4, -0.2) is 24.1 Å². The normalized spacial score (nSPS) is 13.4. The molecule has 20 heavy (non-hydrogen) atoms. The maximum absolute atomic E-state index is 11.7. The van der Waals surface area contributed by atoms with Gasteiger partial charge in [0.05, 0.1) is 0 Å². The molecule has 4 heteroatoms. The van der Waals surface area contributed by atoms with Crippen LogP contribution >= 0.6 is 0 Å². The Morgan fingerprint density at radius 2 is 1.65 bits per heavy atom. The molecular formula is C16H26O4. The van der Waals surface area contributed by atoms with E-state index < -0.39 is 6.10 Å². The fourth-order valence-electron chi connectivity index (χ4n) is 1.71. The van der Waals surface area contributed by atoms with Gasteiger partial charge in [0.25, 0.3) is 0 Å². The Labute approximate surface area is 122 Å². The first-order valence-electron chi connectivity index (χ1n) is 7.25. The van der Waals surface area contributed by atoms with Crippen LogP contribution in [0.3, 0.4) is 0 Å². The summed E-state index contributed by atoms with van der Waals surface area (Å²) in [5.41, 5.74) is 0. The average Bonchev–Trinajstić information content (AvgIpc) is 2.37. The summed E-state index contributed by atoms with van der Waals surface area (Å²) in [6.45, 7) is 7.76. The molecule has 0 aromatic heterocycles. The van der Waals surface area contributed by atoms with Gasteiger partial charge in [-0.3, -0.25) is 9.59 Å². The van der Waals surface area contributed by atoms with E-state index in [1.807, 2.05) is 13.8 Å². The third-order valence-corrected chi connectivity index (χ3v) is 2.90. The first kappa shape index (κ1) is 18.5. The van der Waals surface area contributed by atoms with E-state index in [0.29, 0.717) is 12.3 Å². The van der Waals surface area contributed by atoms with Crippen LogP contribution in [0, 0.1) is 18.3 Å². The Morgan fingerprint density at radius 3 is 2.10 bits per heavy atom.